The van der Waals surface area contributed by atoms with E-state index in [1.807, 2.05) is 0 Å². The molecule has 2 aliphatic rings. The van der Waals surface area contributed by atoms with Gasteiger partial charge in [-0.2, -0.15) is 0 Å². The Morgan fingerprint density at radius 2 is 1.10 bits per heavy atom. The number of benzene rings is 2. The molecule has 37 nitrogen and oxygen atoms in total. The van der Waals surface area contributed by atoms with Crippen LogP contribution in [-0.4, -0.2) is 299 Å². The van der Waals surface area contributed by atoms with Crippen molar-refractivity contribution in [2.24, 2.45) is 11.7 Å². The van der Waals surface area contributed by atoms with E-state index in [2.05, 4.69) is 73.0 Å². The fraction of sp³-hybridized carbons (Fsp3) is 0.544. The number of H-pyrrole nitrogens is 2. The first kappa shape index (κ1) is 83.5. The number of amides is 11. The number of primary amides is 1. The summed E-state index contributed by atoms with van der Waals surface area (Å²) in [5, 5.41) is 55.4. The van der Waals surface area contributed by atoms with Gasteiger partial charge in [0.25, 0.3) is 0 Å². The van der Waals surface area contributed by atoms with Gasteiger partial charge in [-0.1, -0.05) is 44.2 Å². The number of aryl methyl sites for hydroxylation is 1. The monoisotopic (exact) mass is 1470 g/mol. The third kappa shape index (κ3) is 31.2. The van der Waals surface area contributed by atoms with Crippen LogP contribution in [0.2, 0.25) is 0 Å². The molecule has 105 heavy (non-hydrogen) atoms. The van der Waals surface area contributed by atoms with Crippen LogP contribution in [-0.2, 0) is 91.2 Å². The van der Waals surface area contributed by atoms with E-state index in [9.17, 15) is 82.4 Å². The van der Waals surface area contributed by atoms with Crippen molar-refractivity contribution in [1.82, 2.24) is 87.3 Å². The number of aromatic nitrogens is 3. The Balaban J connectivity index is 0.962. The number of carboxylic acids is 3. The van der Waals surface area contributed by atoms with Crippen molar-refractivity contribution in [3.8, 4) is 0 Å². The average Bonchev–Trinajstić information content (AvgIpc) is 1.66. The first-order chi connectivity index (χ1) is 50.2. The Kier molecular flexibility index (Phi) is 34.7. The Morgan fingerprint density at radius 3 is 1.68 bits per heavy atom. The number of carboxylic acid groups (broad SMARTS) is 3. The summed E-state index contributed by atoms with van der Waals surface area (Å²) in [6, 6.07) is 7.10. The molecule has 574 valence electrons. The van der Waals surface area contributed by atoms with E-state index in [1.54, 1.807) is 94.4 Å². The minimum Gasteiger partial charge on any atom is -0.480 e. The van der Waals surface area contributed by atoms with Crippen LogP contribution in [0.15, 0.2) is 67.3 Å². The molecule has 4 heterocycles. The number of aromatic amines is 2. The van der Waals surface area contributed by atoms with Crippen molar-refractivity contribution in [3.63, 3.8) is 0 Å². The lowest BCUT2D eigenvalue weighted by atomic mass is 10.0. The van der Waals surface area contributed by atoms with Crippen LogP contribution in [0.5, 0.6) is 0 Å². The molecule has 5 atom stereocenters. The first-order valence-corrected chi connectivity index (χ1v) is 34.8. The van der Waals surface area contributed by atoms with Crippen molar-refractivity contribution in [3.05, 3.63) is 84.1 Å². The standard InChI is InChI=1S/C68H99N19O18/c1-43(2)63(68(104)75-35-56(90)79-51(15-14-48-33-70-42-76-48)65(101)71-18-21-83-19-6-7-20-83)82-64(100)44(3)77-67(103)53(30-46-32-72-50-9-5-4-8-49(46)50)81-66(102)52(16-17-54(69)88)80-55(89)34-74-58(92)40-105-41-59(93)78-47-12-10-45(11-13-47)31-73-57(91)36-84-22-24-85(37-60(94)95)26-28-87(39-62(98)99)29-27-86(25-23-84)38-61(96)97/h4-5,8-13,32-33,42-44,51-53,63,72H,6-7,14-31,34-41H2,1-3H3,(H2,69,88)(H,70,76)(H,71,101)(H,73,91)(H,74,92)(H,75,104)(H,77,103)(H,78,93)(H,79,90)(H,80,89)(H,81,102)(H,82,100)(H,94,95)(H,96,97)(H,98,99)/t44-,51-,52-,53-,63?/m0/s1. The maximum atomic E-state index is 14.3. The molecule has 0 spiro atoms. The molecule has 2 fully saturated rings. The highest BCUT2D eigenvalue weighted by atomic mass is 16.5. The highest BCUT2D eigenvalue weighted by Crippen LogP contribution is 2.20. The van der Waals surface area contributed by atoms with Gasteiger partial charge in [-0.15, -0.1) is 0 Å². The zero-order valence-electron chi connectivity index (χ0n) is 59.3. The van der Waals surface area contributed by atoms with Gasteiger partial charge < -0.3 is 93.8 Å². The minimum atomic E-state index is -1.51. The van der Waals surface area contributed by atoms with Crippen LogP contribution in [0.25, 0.3) is 10.9 Å². The maximum absolute atomic E-state index is 14.3. The van der Waals surface area contributed by atoms with Gasteiger partial charge in [0, 0.05) is 120 Å². The molecule has 0 radical (unpaired) electrons. The summed E-state index contributed by atoms with van der Waals surface area (Å²) in [6.07, 6.45) is 6.64. The number of nitrogens with one attached hydrogen (secondary N) is 12. The van der Waals surface area contributed by atoms with Crippen molar-refractivity contribution in [2.45, 2.75) is 102 Å². The fourth-order valence-electron chi connectivity index (χ4n) is 11.6. The number of imidazole rings is 1. The number of rotatable bonds is 41. The smallest absolute Gasteiger partial charge is 0.317 e. The summed E-state index contributed by atoms with van der Waals surface area (Å²) >= 11 is 0. The average molecular weight is 1470 g/mol. The predicted octanol–water partition coefficient (Wildman–Crippen LogP) is -4.38. The molecule has 17 N–H and O–H groups in total. The molecule has 0 bridgehead atoms. The second kappa shape index (κ2) is 43.6. The second-order valence-corrected chi connectivity index (χ2v) is 26.1. The fourth-order valence-corrected chi connectivity index (χ4v) is 11.6. The van der Waals surface area contributed by atoms with Crippen molar-refractivity contribution < 1.29 is 87.2 Å². The largest absolute Gasteiger partial charge is 0.480 e. The SMILES string of the molecule is CC(C)C(NC(=O)[C@H](C)NC(=O)[C@H](Cc1c[nH]c2ccccc12)NC(=O)[C@H](CCC(N)=O)NC(=O)CNC(=O)COCC(=O)Nc1ccc(CNC(=O)CN2CCN(CC(=O)O)CCN(CC(=O)O)CCN(CC(=O)O)CC2)cc1)C(=O)NCC(=O)N[C@@H](CCc1cnc[nH]1)C(=O)NCCN1CCCC1. The Labute approximate surface area is 606 Å². The van der Waals surface area contributed by atoms with Crippen LogP contribution < -0.4 is 58.9 Å². The molecule has 2 aliphatic heterocycles. The van der Waals surface area contributed by atoms with E-state index < -0.39 is 146 Å². The van der Waals surface area contributed by atoms with Gasteiger partial charge in [0.05, 0.1) is 45.6 Å². The van der Waals surface area contributed by atoms with E-state index in [-0.39, 0.29) is 110 Å². The molecule has 0 saturated carbocycles. The van der Waals surface area contributed by atoms with Gasteiger partial charge in [0.15, 0.2) is 0 Å². The summed E-state index contributed by atoms with van der Waals surface area (Å²) in [7, 11) is 0. The molecular weight excluding hydrogens is 1370 g/mol. The lowest BCUT2D eigenvalue weighted by Gasteiger charge is -2.32. The molecule has 6 rings (SSSR count). The number of para-hydroxylation sites is 1. The van der Waals surface area contributed by atoms with Crippen LogP contribution in [0.3, 0.4) is 0 Å². The highest BCUT2D eigenvalue weighted by Gasteiger charge is 2.33. The molecular formula is C68H99N19O18. The number of anilines is 1. The molecule has 4 aromatic rings. The number of ether oxygens (including phenoxy) is 1. The van der Waals surface area contributed by atoms with Crippen LogP contribution >= 0.6 is 0 Å². The van der Waals surface area contributed by atoms with Gasteiger partial charge in [0.1, 0.15) is 43.4 Å². The van der Waals surface area contributed by atoms with E-state index in [4.69, 9.17) is 10.5 Å². The van der Waals surface area contributed by atoms with E-state index in [1.165, 1.54) is 13.3 Å². The van der Waals surface area contributed by atoms with Gasteiger partial charge in [0.2, 0.25) is 65.0 Å². The lowest BCUT2D eigenvalue weighted by Crippen LogP contribution is -2.59. The number of carbonyl (C=O) groups is 14. The molecule has 2 aromatic heterocycles. The number of nitrogens with zero attached hydrogens (tertiary/aromatic N) is 6. The number of aliphatic carboxylic acids is 3. The summed E-state index contributed by atoms with van der Waals surface area (Å²) in [5.41, 5.74) is 8.47. The number of hydrogen-bond acceptors (Lipinski definition) is 21. The molecule has 1 unspecified atom stereocenters. The quantitative estimate of drug-likeness (QED) is 0.0200. The van der Waals surface area contributed by atoms with Crippen molar-refractivity contribution in [2.75, 3.05) is 136 Å². The van der Waals surface area contributed by atoms with Gasteiger partial charge >= 0.3 is 17.9 Å². The van der Waals surface area contributed by atoms with Crippen molar-refractivity contribution in [1.29, 1.82) is 0 Å². The van der Waals surface area contributed by atoms with E-state index >= 15 is 0 Å². The summed E-state index contributed by atoms with van der Waals surface area (Å²) in [4.78, 5) is 201. The Bertz CT molecular complexity index is 3560. The number of carbonyl (C=O) groups excluding carboxylic acids is 11. The molecule has 2 aromatic carbocycles. The van der Waals surface area contributed by atoms with Gasteiger partial charge in [-0.3, -0.25) is 86.7 Å². The highest BCUT2D eigenvalue weighted by molar-refractivity contribution is 5.98. The maximum Gasteiger partial charge on any atom is 0.317 e. The number of hydrogen-bond donors (Lipinski definition) is 16. The Hall–Kier alpha value is -10.5. The molecule has 37 heteroatoms. The van der Waals surface area contributed by atoms with Crippen molar-refractivity contribution >= 4 is 99.5 Å². The third-order valence-electron chi connectivity index (χ3n) is 17.3. The van der Waals surface area contributed by atoms with Crippen LogP contribution in [0.4, 0.5) is 5.69 Å². The minimum absolute atomic E-state index is 0.0859. The Morgan fingerprint density at radius 1 is 0.543 bits per heavy atom. The van der Waals surface area contributed by atoms with Gasteiger partial charge in [-0.25, -0.2) is 4.98 Å². The van der Waals surface area contributed by atoms with E-state index in [0.29, 0.717) is 47.2 Å². The van der Waals surface area contributed by atoms with E-state index in [0.717, 1.165) is 31.6 Å². The number of fused-ring (bicyclic) bond motifs is 1. The normalized spacial score (nSPS) is 15.8. The summed E-state index contributed by atoms with van der Waals surface area (Å²) < 4.78 is 5.27. The predicted molar refractivity (Wildman–Crippen MR) is 379 cm³/mol. The summed E-state index contributed by atoms with van der Waals surface area (Å²) in [5.74, 6) is -11.8. The number of nitrogens with two attached hydrogens (primary N) is 1. The second-order valence-electron chi connectivity index (χ2n) is 26.1. The first-order valence-electron chi connectivity index (χ1n) is 34.8. The van der Waals surface area contributed by atoms with Crippen LogP contribution in [0, 0.1) is 5.92 Å². The zero-order chi connectivity index (χ0) is 76.4. The zero-order valence-corrected chi connectivity index (χ0v) is 59.3. The third-order valence-corrected chi connectivity index (χ3v) is 17.3. The lowest BCUT2D eigenvalue weighted by molar-refractivity contribution is -0.140. The topological polar surface area (TPSA) is 516 Å². The molecule has 0 aliphatic carbocycles. The van der Waals surface area contributed by atoms with Crippen LogP contribution in [0.1, 0.15) is 69.7 Å². The van der Waals surface area contributed by atoms with Gasteiger partial charge in [-0.05, 0) is 87.4 Å². The summed E-state index contributed by atoms with van der Waals surface area (Å²) in [6.45, 7) is 5.99. The number of likely N-dealkylation sites (tertiary alicyclic amines) is 1. The molecule has 2 saturated heterocycles. The molecule has 11 amide bonds.